The topological polar surface area (TPSA) is 38.0 Å². The van der Waals surface area contributed by atoms with Gasteiger partial charge < -0.3 is 5.11 Å². The Morgan fingerprint density at radius 1 is 0.926 bits per heavy atom. The van der Waals surface area contributed by atoms with Crippen molar-refractivity contribution in [2.45, 2.75) is 6.18 Å². The molecule has 3 aromatic carbocycles. The molecule has 0 saturated carbocycles. The molecule has 0 saturated heterocycles. The van der Waals surface area contributed by atoms with E-state index in [1.54, 1.807) is 28.8 Å². The van der Waals surface area contributed by atoms with Crippen molar-refractivity contribution in [1.29, 1.82) is 0 Å². The van der Waals surface area contributed by atoms with Crippen LogP contribution in [0.3, 0.4) is 0 Å². The number of rotatable bonds is 2. The molecule has 0 fully saturated rings. The van der Waals surface area contributed by atoms with Gasteiger partial charge in [-0.05, 0) is 54.1 Å². The smallest absolute Gasteiger partial charge is 0.416 e. The van der Waals surface area contributed by atoms with Gasteiger partial charge in [0.05, 0.1) is 16.6 Å². The highest BCUT2D eigenvalue weighted by Crippen LogP contribution is 2.33. The van der Waals surface area contributed by atoms with Crippen LogP contribution in [0.5, 0.6) is 5.75 Å². The first-order valence-corrected chi connectivity index (χ1v) is 7.96. The van der Waals surface area contributed by atoms with E-state index in [0.717, 1.165) is 18.2 Å². The third-order valence-corrected chi connectivity index (χ3v) is 4.27. The normalized spacial score (nSPS) is 11.9. The van der Waals surface area contributed by atoms with Crippen molar-refractivity contribution >= 4 is 11.0 Å². The lowest BCUT2D eigenvalue weighted by Gasteiger charge is -2.10. The van der Waals surface area contributed by atoms with Crippen LogP contribution in [-0.2, 0) is 6.18 Å². The summed E-state index contributed by atoms with van der Waals surface area (Å²) >= 11 is 0. The van der Waals surface area contributed by atoms with Crippen LogP contribution >= 0.6 is 0 Å². The Bertz CT molecular complexity index is 1150. The number of aromatic hydroxyl groups is 1. The maximum Gasteiger partial charge on any atom is 0.416 e. The van der Waals surface area contributed by atoms with E-state index in [-0.39, 0.29) is 11.3 Å². The van der Waals surface area contributed by atoms with E-state index in [4.69, 9.17) is 0 Å². The highest BCUT2D eigenvalue weighted by molar-refractivity contribution is 5.79. The molecule has 0 aliphatic carbocycles. The van der Waals surface area contributed by atoms with Crippen molar-refractivity contribution in [3.63, 3.8) is 0 Å². The molecule has 3 nitrogen and oxygen atoms in total. The van der Waals surface area contributed by atoms with Gasteiger partial charge in [0.2, 0.25) is 0 Å². The Morgan fingerprint density at radius 3 is 2.52 bits per heavy atom. The molecule has 0 atom stereocenters. The Balaban J connectivity index is 1.82. The van der Waals surface area contributed by atoms with Gasteiger partial charge in [0.25, 0.3) is 0 Å². The molecule has 7 heteroatoms. The quantitative estimate of drug-likeness (QED) is 0.468. The molecule has 0 aliphatic rings. The zero-order valence-electron chi connectivity index (χ0n) is 13.7. The first kappa shape index (κ1) is 17.1. The third kappa shape index (κ3) is 3.12. The number of halogens is 4. The summed E-state index contributed by atoms with van der Waals surface area (Å²) in [7, 11) is 0. The fourth-order valence-electron chi connectivity index (χ4n) is 2.96. The fourth-order valence-corrected chi connectivity index (χ4v) is 2.96. The Kier molecular flexibility index (Phi) is 3.87. The fraction of sp³-hybridized carbons (Fsp3) is 0.0500. The van der Waals surface area contributed by atoms with Crippen molar-refractivity contribution in [3.8, 4) is 22.6 Å². The molecule has 0 bridgehead atoms. The van der Waals surface area contributed by atoms with Crippen LogP contribution in [0, 0.1) is 5.82 Å². The SMILES string of the molecule is Oc1ccc(F)cc1-c1cccc(-n2cnc3cc(C(F)(F)F)ccc32)c1. The van der Waals surface area contributed by atoms with Gasteiger partial charge in [-0.2, -0.15) is 13.2 Å². The van der Waals surface area contributed by atoms with Crippen molar-refractivity contribution in [2.24, 2.45) is 0 Å². The zero-order chi connectivity index (χ0) is 19.2. The van der Waals surface area contributed by atoms with E-state index in [1.807, 2.05) is 0 Å². The number of phenolic OH excluding ortho intramolecular Hbond substituents is 1. The van der Waals surface area contributed by atoms with Gasteiger partial charge in [-0.25, -0.2) is 9.37 Å². The molecule has 1 aromatic heterocycles. The van der Waals surface area contributed by atoms with Gasteiger partial charge in [0.15, 0.2) is 0 Å². The minimum absolute atomic E-state index is 0.0705. The minimum atomic E-state index is -4.44. The van der Waals surface area contributed by atoms with Crippen molar-refractivity contribution in [2.75, 3.05) is 0 Å². The molecule has 136 valence electrons. The first-order valence-electron chi connectivity index (χ1n) is 7.96. The third-order valence-electron chi connectivity index (χ3n) is 4.27. The molecule has 4 aromatic rings. The number of phenols is 1. The van der Waals surface area contributed by atoms with Crippen LogP contribution in [0.1, 0.15) is 5.56 Å². The van der Waals surface area contributed by atoms with Gasteiger partial charge in [-0.3, -0.25) is 4.57 Å². The lowest BCUT2D eigenvalue weighted by molar-refractivity contribution is -0.137. The summed E-state index contributed by atoms with van der Waals surface area (Å²) in [5, 5.41) is 10.00. The molecule has 0 amide bonds. The average molecular weight is 372 g/mol. The molecule has 4 rings (SSSR count). The monoisotopic (exact) mass is 372 g/mol. The molecule has 1 N–H and O–H groups in total. The number of alkyl halides is 3. The highest BCUT2D eigenvalue weighted by Gasteiger charge is 2.30. The van der Waals surface area contributed by atoms with Gasteiger partial charge in [0.1, 0.15) is 17.9 Å². The summed E-state index contributed by atoms with van der Waals surface area (Å²) in [5.41, 5.74) is 1.46. The second kappa shape index (κ2) is 6.12. The van der Waals surface area contributed by atoms with Gasteiger partial charge in [0, 0.05) is 11.3 Å². The van der Waals surface area contributed by atoms with Crippen molar-refractivity contribution < 1.29 is 22.7 Å². The number of hydrogen-bond donors (Lipinski definition) is 1. The number of fused-ring (bicyclic) bond motifs is 1. The molecular formula is C20H12F4N2O. The molecule has 0 aliphatic heterocycles. The maximum atomic E-state index is 13.5. The molecule has 1 heterocycles. The highest BCUT2D eigenvalue weighted by atomic mass is 19.4. The van der Waals surface area contributed by atoms with Gasteiger partial charge >= 0.3 is 6.18 Å². The van der Waals surface area contributed by atoms with Gasteiger partial charge in [-0.15, -0.1) is 0 Å². The molecule has 0 spiro atoms. The molecule has 27 heavy (non-hydrogen) atoms. The summed E-state index contributed by atoms with van der Waals surface area (Å²) < 4.78 is 53.8. The zero-order valence-corrected chi connectivity index (χ0v) is 13.7. The number of benzene rings is 3. The van der Waals surface area contributed by atoms with Crippen LogP contribution in [0.25, 0.3) is 27.8 Å². The van der Waals surface area contributed by atoms with E-state index in [1.165, 1.54) is 24.5 Å². The average Bonchev–Trinajstić information content (AvgIpc) is 3.06. The number of aromatic nitrogens is 2. The van der Waals surface area contributed by atoms with E-state index in [9.17, 15) is 22.7 Å². The van der Waals surface area contributed by atoms with Crippen LogP contribution < -0.4 is 0 Å². The first-order chi connectivity index (χ1) is 12.8. The molecule has 0 radical (unpaired) electrons. The van der Waals surface area contributed by atoms with Crippen molar-refractivity contribution in [3.05, 3.63) is 78.4 Å². The summed E-state index contributed by atoms with van der Waals surface area (Å²) in [6.07, 6.45) is -3.01. The van der Waals surface area contributed by atoms with E-state index >= 15 is 0 Å². The van der Waals surface area contributed by atoms with Crippen LogP contribution in [0.4, 0.5) is 17.6 Å². The Hall–Kier alpha value is -3.35. The second-order valence-corrected chi connectivity index (χ2v) is 6.03. The maximum absolute atomic E-state index is 13.5. The van der Waals surface area contributed by atoms with Gasteiger partial charge in [-0.1, -0.05) is 12.1 Å². The standard InChI is InChI=1S/C20H12F4N2O/c21-14-5-7-19(27)16(10-14)12-2-1-3-15(8-12)26-11-25-17-9-13(20(22,23)24)4-6-18(17)26/h1-11,27H. The predicted octanol–water partition coefficient (Wildman–Crippen LogP) is 5.56. The molecule has 0 unspecified atom stereocenters. The number of hydrogen-bond acceptors (Lipinski definition) is 2. The van der Waals surface area contributed by atoms with Crippen LogP contribution in [0.2, 0.25) is 0 Å². The van der Waals surface area contributed by atoms with Crippen LogP contribution in [-0.4, -0.2) is 14.7 Å². The molecular weight excluding hydrogens is 360 g/mol. The van der Waals surface area contributed by atoms with E-state index in [2.05, 4.69) is 4.98 Å². The van der Waals surface area contributed by atoms with E-state index < -0.39 is 17.6 Å². The van der Waals surface area contributed by atoms with E-state index in [0.29, 0.717) is 22.3 Å². The predicted molar refractivity (Wildman–Crippen MR) is 93.1 cm³/mol. The second-order valence-electron chi connectivity index (χ2n) is 6.03. The largest absolute Gasteiger partial charge is 0.507 e. The summed E-state index contributed by atoms with van der Waals surface area (Å²) in [4.78, 5) is 4.06. The summed E-state index contributed by atoms with van der Waals surface area (Å²) in [5.74, 6) is -0.556. The summed E-state index contributed by atoms with van der Waals surface area (Å²) in [6.45, 7) is 0. The lowest BCUT2D eigenvalue weighted by atomic mass is 10.0. The summed E-state index contributed by atoms with van der Waals surface area (Å²) in [6, 6.07) is 13.9. The Labute approximate surface area is 151 Å². The van der Waals surface area contributed by atoms with Crippen LogP contribution in [0.15, 0.2) is 67.0 Å². The lowest BCUT2D eigenvalue weighted by Crippen LogP contribution is -2.04. The van der Waals surface area contributed by atoms with Crippen molar-refractivity contribution in [1.82, 2.24) is 9.55 Å². The number of nitrogens with zero attached hydrogens (tertiary/aromatic N) is 2. The number of imidazole rings is 1. The Morgan fingerprint density at radius 2 is 1.74 bits per heavy atom. The minimum Gasteiger partial charge on any atom is -0.507 e.